The first kappa shape index (κ1) is 37.0. The van der Waals surface area contributed by atoms with Crippen LogP contribution in [-0.2, 0) is 5.41 Å². The second-order valence-electron chi connectivity index (χ2n) is 17.9. The number of benzene rings is 11. The number of rotatable bonds is 4. The number of hydrogen-bond acceptors (Lipinski definition) is 3. The lowest BCUT2D eigenvalue weighted by Gasteiger charge is -2.46. The van der Waals surface area contributed by atoms with Crippen LogP contribution < -0.4 is 4.90 Å². The molecule has 2 aromatic heterocycles. The maximum absolute atomic E-state index is 6.43. The van der Waals surface area contributed by atoms with Crippen LogP contribution in [0.15, 0.2) is 245 Å². The van der Waals surface area contributed by atoms with E-state index in [1.165, 1.54) is 75.5 Å². The third kappa shape index (κ3) is 4.97. The monoisotopic (exact) mass is 870 g/mol. The summed E-state index contributed by atoms with van der Waals surface area (Å²) >= 11 is 1.89. The van der Waals surface area contributed by atoms with E-state index in [9.17, 15) is 0 Å². The minimum absolute atomic E-state index is 0.519. The summed E-state index contributed by atoms with van der Waals surface area (Å²) in [5.74, 6) is 0. The van der Waals surface area contributed by atoms with Gasteiger partial charge >= 0.3 is 0 Å². The second-order valence-corrected chi connectivity index (χ2v) is 19.0. The van der Waals surface area contributed by atoms with Crippen molar-refractivity contribution in [2.24, 2.45) is 0 Å². The van der Waals surface area contributed by atoms with Gasteiger partial charge in [-0.05, 0) is 111 Å². The predicted octanol–water partition coefficient (Wildman–Crippen LogP) is 17.3. The van der Waals surface area contributed by atoms with Crippen LogP contribution in [0.5, 0.6) is 0 Å². The SMILES string of the molecule is c1ccc2c(c1)Sc1ccccc1C21c2ccccc2-c2ccc(N(c3ccc4c(c3)c3ccccc3n4-c3cccc4oc5ccccc5c34)c3cccc4ccccc34)c3cccc1c23. The molecule has 0 N–H and O–H groups in total. The topological polar surface area (TPSA) is 21.3 Å². The van der Waals surface area contributed by atoms with E-state index in [0.717, 1.165) is 55.7 Å². The number of fused-ring (bicyclic) bond motifs is 15. The zero-order valence-electron chi connectivity index (χ0n) is 36.2. The van der Waals surface area contributed by atoms with Gasteiger partial charge in [-0.2, -0.15) is 0 Å². The van der Waals surface area contributed by atoms with Crippen molar-refractivity contribution in [2.45, 2.75) is 15.2 Å². The zero-order chi connectivity index (χ0) is 43.8. The minimum atomic E-state index is -0.519. The molecule has 0 unspecified atom stereocenters. The summed E-state index contributed by atoms with van der Waals surface area (Å²) in [5.41, 5.74) is 15.9. The van der Waals surface area contributed by atoms with Crippen LogP contribution in [0.2, 0.25) is 0 Å². The number of aromatic nitrogens is 1. The molecule has 0 amide bonds. The van der Waals surface area contributed by atoms with Gasteiger partial charge in [-0.3, -0.25) is 0 Å². The molecule has 0 radical (unpaired) electrons. The van der Waals surface area contributed by atoms with Crippen molar-refractivity contribution in [2.75, 3.05) is 4.90 Å². The van der Waals surface area contributed by atoms with Gasteiger partial charge in [0.25, 0.3) is 0 Å². The molecule has 0 saturated carbocycles. The first-order chi connectivity index (χ1) is 33.3. The Balaban J connectivity index is 1.03. The molecule has 0 atom stereocenters. The summed E-state index contributed by atoms with van der Waals surface area (Å²) in [6.07, 6.45) is 0. The molecule has 1 aliphatic carbocycles. The summed E-state index contributed by atoms with van der Waals surface area (Å²) in [5, 5.41) is 9.52. The van der Waals surface area contributed by atoms with Gasteiger partial charge < -0.3 is 13.9 Å². The molecule has 0 fully saturated rings. The quantitative estimate of drug-likeness (QED) is 0.176. The Labute approximate surface area is 390 Å². The highest BCUT2D eigenvalue weighted by Crippen LogP contribution is 2.62. The molecule has 13 aromatic rings. The fraction of sp³-hybridized carbons (Fsp3) is 0.0159. The molecular weight excluding hydrogens is 833 g/mol. The first-order valence-electron chi connectivity index (χ1n) is 23.0. The van der Waals surface area contributed by atoms with E-state index in [1.807, 2.05) is 17.8 Å². The van der Waals surface area contributed by atoms with Crippen molar-refractivity contribution in [3.8, 4) is 16.8 Å². The van der Waals surface area contributed by atoms with Gasteiger partial charge in [-0.25, -0.2) is 0 Å². The number of anilines is 3. The van der Waals surface area contributed by atoms with Gasteiger partial charge in [0, 0.05) is 42.4 Å². The largest absolute Gasteiger partial charge is 0.456 e. The maximum atomic E-state index is 6.43. The molecule has 4 heteroatoms. The first-order valence-corrected chi connectivity index (χ1v) is 23.8. The molecule has 0 bridgehead atoms. The maximum Gasteiger partial charge on any atom is 0.137 e. The van der Waals surface area contributed by atoms with E-state index in [4.69, 9.17) is 4.42 Å². The number of para-hydroxylation sites is 2. The molecule has 0 saturated heterocycles. The minimum Gasteiger partial charge on any atom is -0.456 e. The molecule has 2 aliphatic rings. The van der Waals surface area contributed by atoms with Crippen molar-refractivity contribution >= 4 is 94.1 Å². The predicted molar refractivity (Wildman–Crippen MR) is 279 cm³/mol. The Morgan fingerprint density at radius 1 is 0.388 bits per heavy atom. The summed E-state index contributed by atoms with van der Waals surface area (Å²) in [7, 11) is 0. The third-order valence-corrected chi connectivity index (χ3v) is 15.8. The van der Waals surface area contributed by atoms with E-state index in [1.54, 1.807) is 0 Å². The van der Waals surface area contributed by atoms with E-state index >= 15 is 0 Å². The normalized spacial score (nSPS) is 13.4. The van der Waals surface area contributed by atoms with E-state index < -0.39 is 5.41 Å². The molecule has 3 heterocycles. The summed E-state index contributed by atoms with van der Waals surface area (Å²) in [6, 6.07) is 85.3. The highest BCUT2D eigenvalue weighted by atomic mass is 32.2. The van der Waals surface area contributed by atoms with Gasteiger partial charge in [0.05, 0.1) is 38.9 Å². The van der Waals surface area contributed by atoms with Gasteiger partial charge in [0.2, 0.25) is 0 Å². The van der Waals surface area contributed by atoms with Crippen LogP contribution in [-0.4, -0.2) is 4.57 Å². The number of hydrogen-bond donors (Lipinski definition) is 0. The van der Waals surface area contributed by atoms with Gasteiger partial charge in [0.15, 0.2) is 0 Å². The number of furan rings is 1. The molecule has 1 aliphatic heterocycles. The van der Waals surface area contributed by atoms with Crippen LogP contribution in [0, 0.1) is 0 Å². The van der Waals surface area contributed by atoms with Crippen LogP contribution in [0.1, 0.15) is 22.3 Å². The van der Waals surface area contributed by atoms with Gasteiger partial charge in [-0.15, -0.1) is 0 Å². The Morgan fingerprint density at radius 3 is 1.87 bits per heavy atom. The fourth-order valence-corrected chi connectivity index (χ4v) is 13.2. The zero-order valence-corrected chi connectivity index (χ0v) is 37.0. The van der Waals surface area contributed by atoms with E-state index in [0.29, 0.717) is 0 Å². The van der Waals surface area contributed by atoms with Crippen molar-refractivity contribution in [3.63, 3.8) is 0 Å². The Bertz CT molecular complexity index is 4180. The third-order valence-electron chi connectivity index (χ3n) is 14.6. The molecule has 312 valence electrons. The van der Waals surface area contributed by atoms with E-state index in [-0.39, 0.29) is 0 Å². The standard InChI is InChI=1S/C63H38N2OS/c1-2-18-41-39(16-1)17-13-28-52(41)64(40-34-36-55-47(38-40)43-20-4-9-27-53(43)65(55)56-29-15-31-58-62(56)46-21-5-10-30-57(46)66-58)54-37-35-44-42-19-3-6-23-48(42)63(51-26-14-22-45(54)61(44)51)49-24-7-11-32-59(49)67-60-33-12-8-25-50(60)63/h1-38H. The lowest BCUT2D eigenvalue weighted by Crippen LogP contribution is -2.36. The Kier molecular flexibility index (Phi) is 7.64. The molecule has 11 aromatic carbocycles. The lowest BCUT2D eigenvalue weighted by atomic mass is 9.59. The lowest BCUT2D eigenvalue weighted by molar-refractivity contribution is 0.669. The van der Waals surface area contributed by atoms with Crippen LogP contribution in [0.25, 0.3) is 82.1 Å². The Morgan fingerprint density at radius 2 is 1.00 bits per heavy atom. The fourth-order valence-electron chi connectivity index (χ4n) is 12.0. The van der Waals surface area contributed by atoms with Crippen molar-refractivity contribution in [1.29, 1.82) is 0 Å². The highest BCUT2D eigenvalue weighted by Gasteiger charge is 2.48. The van der Waals surface area contributed by atoms with Crippen molar-refractivity contribution < 1.29 is 4.42 Å². The highest BCUT2D eigenvalue weighted by molar-refractivity contribution is 7.99. The van der Waals surface area contributed by atoms with Crippen LogP contribution in [0.3, 0.4) is 0 Å². The van der Waals surface area contributed by atoms with E-state index in [2.05, 4.69) is 234 Å². The molecule has 15 rings (SSSR count). The molecular formula is C63H38N2OS. The molecule has 67 heavy (non-hydrogen) atoms. The summed E-state index contributed by atoms with van der Waals surface area (Å²) < 4.78 is 8.86. The van der Waals surface area contributed by atoms with Crippen LogP contribution in [0.4, 0.5) is 17.1 Å². The van der Waals surface area contributed by atoms with Crippen molar-refractivity contribution in [1.82, 2.24) is 4.57 Å². The van der Waals surface area contributed by atoms with Gasteiger partial charge in [0.1, 0.15) is 11.2 Å². The average molecular weight is 871 g/mol. The second kappa shape index (κ2) is 13.9. The average Bonchev–Trinajstić information content (AvgIpc) is 3.94. The molecule has 3 nitrogen and oxygen atoms in total. The number of nitrogens with zero attached hydrogens (tertiary/aromatic N) is 2. The van der Waals surface area contributed by atoms with Crippen LogP contribution >= 0.6 is 11.8 Å². The van der Waals surface area contributed by atoms with Gasteiger partial charge in [-0.1, -0.05) is 176 Å². The van der Waals surface area contributed by atoms with Crippen molar-refractivity contribution in [3.05, 3.63) is 253 Å². The summed E-state index contributed by atoms with van der Waals surface area (Å²) in [4.78, 5) is 5.12. The summed E-state index contributed by atoms with van der Waals surface area (Å²) in [6.45, 7) is 0. The molecule has 1 spiro atoms. The smallest absolute Gasteiger partial charge is 0.137 e. The Hall–Kier alpha value is -8.31.